The number of halogens is 2. The van der Waals surface area contributed by atoms with Gasteiger partial charge in [-0.2, -0.15) is 5.26 Å². The van der Waals surface area contributed by atoms with Crippen LogP contribution in [0, 0.1) is 40.0 Å². The fraction of sp³-hybridized carbons (Fsp3) is 0.0714. The molecule has 0 saturated carbocycles. The first-order valence-electron chi connectivity index (χ1n) is 6.33. The van der Waals surface area contributed by atoms with Crippen molar-refractivity contribution in [3.8, 4) is 6.07 Å². The molecule has 0 amide bonds. The van der Waals surface area contributed by atoms with Gasteiger partial charge in [0.1, 0.15) is 11.8 Å². The average molecular weight is 353 g/mol. The second-order valence-electron chi connectivity index (χ2n) is 4.71. The highest BCUT2D eigenvalue weighted by Gasteiger charge is 2.23. The van der Waals surface area contributed by atoms with Crippen LogP contribution in [-0.2, 0) is 10.0 Å². The molecule has 0 saturated heterocycles. The number of benzene rings is 2. The van der Waals surface area contributed by atoms with E-state index in [-0.39, 0.29) is 16.1 Å². The molecule has 124 valence electrons. The van der Waals surface area contributed by atoms with Crippen LogP contribution in [0.1, 0.15) is 11.1 Å². The van der Waals surface area contributed by atoms with E-state index in [1.54, 1.807) is 6.07 Å². The van der Waals surface area contributed by atoms with Crippen molar-refractivity contribution >= 4 is 21.4 Å². The molecule has 0 aliphatic carbocycles. The summed E-state index contributed by atoms with van der Waals surface area (Å²) < 4.78 is 53.7. The van der Waals surface area contributed by atoms with Gasteiger partial charge in [0.25, 0.3) is 15.7 Å². The first-order chi connectivity index (χ1) is 11.2. The lowest BCUT2D eigenvalue weighted by Crippen LogP contribution is -2.16. The van der Waals surface area contributed by atoms with E-state index in [1.165, 1.54) is 6.92 Å². The molecule has 2 rings (SSSR count). The number of anilines is 1. The van der Waals surface area contributed by atoms with E-state index >= 15 is 0 Å². The number of aryl methyl sites for hydroxylation is 1. The van der Waals surface area contributed by atoms with Crippen LogP contribution in [0.4, 0.5) is 20.2 Å². The highest BCUT2D eigenvalue weighted by Crippen LogP contribution is 2.27. The lowest BCUT2D eigenvalue weighted by atomic mass is 10.2. The quantitative estimate of drug-likeness (QED) is 0.671. The van der Waals surface area contributed by atoms with Crippen molar-refractivity contribution in [2.75, 3.05) is 4.72 Å². The number of sulfonamides is 1. The van der Waals surface area contributed by atoms with Crippen molar-refractivity contribution in [1.29, 1.82) is 5.26 Å². The summed E-state index contributed by atoms with van der Waals surface area (Å²) in [7, 11) is -4.39. The molecule has 2 aromatic rings. The fourth-order valence-corrected chi connectivity index (χ4v) is 3.29. The van der Waals surface area contributed by atoms with Crippen molar-refractivity contribution in [2.24, 2.45) is 0 Å². The SMILES string of the molecule is Cc1cc([N+](=O)[O-])ccc1S(=O)(=O)Nc1c(C#N)ccc(F)c1F. The zero-order valence-electron chi connectivity index (χ0n) is 12.1. The Morgan fingerprint density at radius 3 is 2.46 bits per heavy atom. The molecule has 7 nitrogen and oxygen atoms in total. The zero-order valence-corrected chi connectivity index (χ0v) is 12.9. The molecule has 0 heterocycles. The molecule has 10 heteroatoms. The average Bonchev–Trinajstić information content (AvgIpc) is 2.51. The Bertz CT molecular complexity index is 984. The predicted molar refractivity (Wildman–Crippen MR) is 79.7 cm³/mol. The second kappa shape index (κ2) is 6.21. The van der Waals surface area contributed by atoms with Crippen LogP contribution in [0.2, 0.25) is 0 Å². The Morgan fingerprint density at radius 1 is 1.25 bits per heavy atom. The molecular formula is C14H9F2N3O4S. The molecule has 0 bridgehead atoms. The summed E-state index contributed by atoms with van der Waals surface area (Å²) in [5.41, 5.74) is -1.51. The van der Waals surface area contributed by atoms with Gasteiger partial charge in [-0.3, -0.25) is 14.8 Å². The highest BCUT2D eigenvalue weighted by molar-refractivity contribution is 7.92. The van der Waals surface area contributed by atoms with Gasteiger partial charge in [-0.05, 0) is 30.7 Å². The van der Waals surface area contributed by atoms with Crippen molar-refractivity contribution in [3.63, 3.8) is 0 Å². The molecule has 0 unspecified atom stereocenters. The van der Waals surface area contributed by atoms with Crippen molar-refractivity contribution < 1.29 is 22.1 Å². The van der Waals surface area contributed by atoms with Gasteiger partial charge in [-0.25, -0.2) is 17.2 Å². The number of nitrogens with one attached hydrogen (secondary N) is 1. The summed E-state index contributed by atoms with van der Waals surface area (Å²) in [5.74, 6) is -2.84. The molecule has 1 N–H and O–H groups in total. The smallest absolute Gasteiger partial charge is 0.269 e. The molecule has 0 fully saturated rings. The van der Waals surface area contributed by atoms with E-state index in [0.29, 0.717) is 6.07 Å². The van der Waals surface area contributed by atoms with Gasteiger partial charge in [0.15, 0.2) is 11.6 Å². The minimum Gasteiger partial charge on any atom is -0.275 e. The van der Waals surface area contributed by atoms with E-state index < -0.39 is 37.8 Å². The predicted octanol–water partition coefficient (Wildman–Crippen LogP) is 2.85. The summed E-state index contributed by atoms with van der Waals surface area (Å²) in [5, 5.41) is 19.6. The number of hydrogen-bond acceptors (Lipinski definition) is 5. The molecular weight excluding hydrogens is 344 g/mol. The molecule has 0 radical (unpaired) electrons. The Kier molecular flexibility index (Phi) is 4.48. The van der Waals surface area contributed by atoms with Crippen molar-refractivity contribution in [1.82, 2.24) is 0 Å². The van der Waals surface area contributed by atoms with Gasteiger partial charge in [-0.15, -0.1) is 0 Å². The Morgan fingerprint density at radius 2 is 1.92 bits per heavy atom. The van der Waals surface area contributed by atoms with E-state index in [2.05, 4.69) is 0 Å². The lowest BCUT2D eigenvalue weighted by molar-refractivity contribution is -0.385. The topological polar surface area (TPSA) is 113 Å². The lowest BCUT2D eigenvalue weighted by Gasteiger charge is -2.12. The largest absolute Gasteiger partial charge is 0.275 e. The number of hydrogen-bond donors (Lipinski definition) is 1. The summed E-state index contributed by atoms with van der Waals surface area (Å²) >= 11 is 0. The summed E-state index contributed by atoms with van der Waals surface area (Å²) in [6.07, 6.45) is 0. The third-order valence-electron chi connectivity index (χ3n) is 3.11. The molecule has 0 aromatic heterocycles. The van der Waals surface area contributed by atoms with E-state index in [0.717, 1.165) is 24.3 Å². The van der Waals surface area contributed by atoms with E-state index in [9.17, 15) is 27.3 Å². The van der Waals surface area contributed by atoms with E-state index in [4.69, 9.17) is 5.26 Å². The molecule has 0 aliphatic heterocycles. The van der Waals surface area contributed by atoms with Gasteiger partial charge in [0.2, 0.25) is 0 Å². The number of nitriles is 1. The number of rotatable bonds is 4. The van der Waals surface area contributed by atoms with Gasteiger partial charge < -0.3 is 0 Å². The third-order valence-corrected chi connectivity index (χ3v) is 4.62. The maximum atomic E-state index is 13.8. The summed E-state index contributed by atoms with van der Waals surface area (Å²) in [4.78, 5) is 9.63. The van der Waals surface area contributed by atoms with Crippen LogP contribution < -0.4 is 4.72 Å². The first kappa shape index (κ1) is 17.3. The van der Waals surface area contributed by atoms with Crippen LogP contribution in [0.15, 0.2) is 35.2 Å². The minimum absolute atomic E-state index is 0.0343. The maximum Gasteiger partial charge on any atom is 0.269 e. The molecule has 0 atom stereocenters. The molecule has 24 heavy (non-hydrogen) atoms. The number of nitrogens with zero attached hydrogens (tertiary/aromatic N) is 2. The Labute approximate surface area is 135 Å². The van der Waals surface area contributed by atoms with Gasteiger partial charge in [0, 0.05) is 12.1 Å². The molecule has 2 aromatic carbocycles. The number of non-ortho nitro benzene ring substituents is 1. The van der Waals surface area contributed by atoms with Gasteiger partial charge >= 0.3 is 0 Å². The zero-order chi connectivity index (χ0) is 18.1. The van der Waals surface area contributed by atoms with Crippen molar-refractivity contribution in [2.45, 2.75) is 11.8 Å². The minimum atomic E-state index is -4.39. The molecule has 0 aliphatic rings. The fourth-order valence-electron chi connectivity index (χ4n) is 1.98. The van der Waals surface area contributed by atoms with Crippen LogP contribution in [0.5, 0.6) is 0 Å². The van der Waals surface area contributed by atoms with Crippen LogP contribution in [-0.4, -0.2) is 13.3 Å². The monoisotopic (exact) mass is 353 g/mol. The van der Waals surface area contributed by atoms with Crippen LogP contribution >= 0.6 is 0 Å². The van der Waals surface area contributed by atoms with E-state index in [1.807, 2.05) is 4.72 Å². The normalized spacial score (nSPS) is 10.9. The Balaban J connectivity index is 2.53. The highest BCUT2D eigenvalue weighted by atomic mass is 32.2. The summed E-state index contributed by atoms with van der Waals surface area (Å²) in [6.45, 7) is 1.31. The number of nitro groups is 1. The van der Waals surface area contributed by atoms with Crippen LogP contribution in [0.25, 0.3) is 0 Å². The van der Waals surface area contributed by atoms with Gasteiger partial charge in [0.05, 0.1) is 15.4 Å². The maximum absolute atomic E-state index is 13.8. The van der Waals surface area contributed by atoms with Crippen LogP contribution in [0.3, 0.4) is 0 Å². The number of nitro benzene ring substituents is 1. The van der Waals surface area contributed by atoms with Crippen molar-refractivity contribution in [3.05, 3.63) is 63.2 Å². The molecule has 0 spiro atoms. The third kappa shape index (κ3) is 3.16. The second-order valence-corrected chi connectivity index (χ2v) is 6.36. The Hall–Kier alpha value is -3.06. The first-order valence-corrected chi connectivity index (χ1v) is 7.81. The van der Waals surface area contributed by atoms with Gasteiger partial charge in [-0.1, -0.05) is 0 Å². The standard InChI is InChI=1S/C14H9F2N3O4S/c1-8-6-10(19(20)21)3-5-12(8)24(22,23)18-14-9(7-17)2-4-11(15)13(14)16/h2-6,18H,1H3. The summed E-state index contributed by atoms with van der Waals surface area (Å²) in [6, 6.07) is 6.15.